The fourth-order valence-electron chi connectivity index (χ4n) is 1.92. The minimum absolute atomic E-state index is 0.120. The zero-order valence-corrected chi connectivity index (χ0v) is 11.3. The minimum Gasteiger partial charge on any atom is -0.465 e. The first-order valence-electron chi connectivity index (χ1n) is 6.16. The van der Waals surface area contributed by atoms with Gasteiger partial charge < -0.3 is 10.1 Å². The van der Waals surface area contributed by atoms with Gasteiger partial charge in [-0.15, -0.1) is 0 Å². The summed E-state index contributed by atoms with van der Waals surface area (Å²) in [6.07, 6.45) is 0. The Bertz CT molecular complexity index is 650. The van der Waals surface area contributed by atoms with E-state index in [2.05, 4.69) is 5.32 Å². The third-order valence-electron chi connectivity index (χ3n) is 2.80. The fraction of sp³-hybridized carbons (Fsp3) is 0.125. The van der Waals surface area contributed by atoms with Crippen molar-refractivity contribution < 1.29 is 14.3 Å². The van der Waals surface area contributed by atoms with Gasteiger partial charge in [0.05, 0.1) is 12.7 Å². The predicted molar refractivity (Wildman–Crippen MR) is 77.5 cm³/mol. The molecule has 0 saturated heterocycles. The number of hydrogen-bond donors (Lipinski definition) is 1. The van der Waals surface area contributed by atoms with Crippen LogP contribution in [0.25, 0.3) is 11.1 Å². The van der Waals surface area contributed by atoms with Crippen LogP contribution < -0.4 is 5.32 Å². The molecule has 0 aliphatic heterocycles. The first kappa shape index (κ1) is 13.8. The van der Waals surface area contributed by atoms with Crippen molar-refractivity contribution in [1.29, 1.82) is 0 Å². The van der Waals surface area contributed by atoms with Crippen molar-refractivity contribution in [3.8, 4) is 11.1 Å². The summed E-state index contributed by atoms with van der Waals surface area (Å²) in [7, 11) is 1.35. The van der Waals surface area contributed by atoms with E-state index in [1.807, 2.05) is 30.3 Å². The Morgan fingerprint density at radius 2 is 1.65 bits per heavy atom. The van der Waals surface area contributed by atoms with E-state index < -0.39 is 0 Å². The molecule has 0 saturated carbocycles. The number of rotatable bonds is 3. The van der Waals surface area contributed by atoms with Gasteiger partial charge in [0.1, 0.15) is 0 Å². The lowest BCUT2D eigenvalue weighted by atomic mass is 10.0. The highest BCUT2D eigenvalue weighted by Gasteiger charge is 2.07. The third kappa shape index (κ3) is 3.23. The van der Waals surface area contributed by atoms with Crippen molar-refractivity contribution in [2.45, 2.75) is 6.92 Å². The summed E-state index contributed by atoms with van der Waals surface area (Å²) in [5.41, 5.74) is 3.02. The Balaban J connectivity index is 2.36. The second-order valence-corrected chi connectivity index (χ2v) is 4.33. The number of anilines is 1. The van der Waals surface area contributed by atoms with Crippen LogP contribution in [0.4, 0.5) is 5.69 Å². The van der Waals surface area contributed by atoms with Gasteiger partial charge in [0.15, 0.2) is 0 Å². The van der Waals surface area contributed by atoms with Crippen molar-refractivity contribution in [3.05, 3.63) is 54.1 Å². The van der Waals surface area contributed by atoms with Crippen LogP contribution in [-0.2, 0) is 9.53 Å². The Morgan fingerprint density at radius 1 is 1.00 bits per heavy atom. The molecule has 102 valence electrons. The van der Waals surface area contributed by atoms with Gasteiger partial charge in [0, 0.05) is 12.6 Å². The van der Waals surface area contributed by atoms with Gasteiger partial charge in [-0.25, -0.2) is 4.79 Å². The van der Waals surface area contributed by atoms with Crippen LogP contribution in [0.15, 0.2) is 48.5 Å². The number of ether oxygens (including phenoxy) is 1. The molecule has 2 rings (SSSR count). The molecule has 2 aromatic rings. The van der Waals surface area contributed by atoms with Crippen molar-refractivity contribution in [3.63, 3.8) is 0 Å². The fourth-order valence-corrected chi connectivity index (χ4v) is 1.92. The Kier molecular flexibility index (Phi) is 4.15. The molecule has 0 radical (unpaired) electrons. The highest BCUT2D eigenvalue weighted by molar-refractivity contribution is 5.92. The van der Waals surface area contributed by atoms with Crippen molar-refractivity contribution in [2.24, 2.45) is 0 Å². The standard InChI is InChI=1S/C16H15NO3/c1-11(18)17-15-8-4-6-13(10-15)12-5-3-7-14(9-12)16(19)20-2/h3-10H,1-2H3,(H,17,18). The summed E-state index contributed by atoms with van der Waals surface area (Å²) < 4.78 is 4.71. The molecule has 2 aromatic carbocycles. The Labute approximate surface area is 117 Å². The summed E-state index contributed by atoms with van der Waals surface area (Å²) in [4.78, 5) is 22.6. The maximum atomic E-state index is 11.5. The number of benzene rings is 2. The molecule has 0 unspecified atom stereocenters. The summed E-state index contributed by atoms with van der Waals surface area (Å²) >= 11 is 0. The largest absolute Gasteiger partial charge is 0.465 e. The first-order chi connectivity index (χ1) is 9.60. The molecule has 0 heterocycles. The van der Waals surface area contributed by atoms with E-state index in [-0.39, 0.29) is 11.9 Å². The van der Waals surface area contributed by atoms with Crippen LogP contribution in [0.2, 0.25) is 0 Å². The zero-order valence-electron chi connectivity index (χ0n) is 11.3. The van der Waals surface area contributed by atoms with Gasteiger partial charge >= 0.3 is 5.97 Å². The molecule has 0 fully saturated rings. The average Bonchev–Trinajstić information content (AvgIpc) is 2.46. The molecule has 0 spiro atoms. The molecule has 4 nitrogen and oxygen atoms in total. The Morgan fingerprint density at radius 3 is 2.30 bits per heavy atom. The van der Waals surface area contributed by atoms with Crippen LogP contribution in [-0.4, -0.2) is 19.0 Å². The molecule has 4 heteroatoms. The molecule has 0 atom stereocenters. The third-order valence-corrected chi connectivity index (χ3v) is 2.80. The molecule has 20 heavy (non-hydrogen) atoms. The summed E-state index contributed by atoms with van der Waals surface area (Å²) in [6, 6.07) is 14.6. The molecule has 1 N–H and O–H groups in total. The van der Waals surface area contributed by atoms with Gasteiger partial charge in [-0.3, -0.25) is 4.79 Å². The highest BCUT2D eigenvalue weighted by Crippen LogP contribution is 2.23. The molecule has 0 aliphatic rings. The van der Waals surface area contributed by atoms with Crippen LogP contribution in [0.5, 0.6) is 0 Å². The Hall–Kier alpha value is -2.62. The number of nitrogens with one attached hydrogen (secondary N) is 1. The van der Waals surface area contributed by atoms with Crippen LogP contribution in [0.1, 0.15) is 17.3 Å². The lowest BCUT2D eigenvalue weighted by Crippen LogP contribution is -2.05. The molecular formula is C16H15NO3. The highest BCUT2D eigenvalue weighted by atomic mass is 16.5. The maximum absolute atomic E-state index is 11.5. The van der Waals surface area contributed by atoms with Gasteiger partial charge in [-0.1, -0.05) is 24.3 Å². The van der Waals surface area contributed by atoms with Gasteiger partial charge in [-0.05, 0) is 35.4 Å². The monoisotopic (exact) mass is 269 g/mol. The zero-order chi connectivity index (χ0) is 14.5. The maximum Gasteiger partial charge on any atom is 0.337 e. The number of carbonyl (C=O) groups excluding carboxylic acids is 2. The quantitative estimate of drug-likeness (QED) is 0.871. The van der Waals surface area contributed by atoms with Crippen molar-refractivity contribution in [2.75, 3.05) is 12.4 Å². The smallest absolute Gasteiger partial charge is 0.337 e. The number of hydrogen-bond acceptors (Lipinski definition) is 3. The number of methoxy groups -OCH3 is 1. The van der Waals surface area contributed by atoms with E-state index in [1.165, 1.54) is 14.0 Å². The van der Waals surface area contributed by atoms with E-state index >= 15 is 0 Å². The van der Waals surface area contributed by atoms with E-state index in [1.54, 1.807) is 18.2 Å². The van der Waals surface area contributed by atoms with E-state index in [0.29, 0.717) is 5.56 Å². The normalized spacial score (nSPS) is 9.90. The topological polar surface area (TPSA) is 55.4 Å². The summed E-state index contributed by atoms with van der Waals surface area (Å²) in [6.45, 7) is 1.46. The van der Waals surface area contributed by atoms with Crippen LogP contribution in [0, 0.1) is 0 Å². The average molecular weight is 269 g/mol. The SMILES string of the molecule is COC(=O)c1cccc(-c2cccc(NC(C)=O)c2)c1. The first-order valence-corrected chi connectivity index (χ1v) is 6.16. The molecule has 1 amide bonds. The van der Waals surface area contributed by atoms with E-state index in [4.69, 9.17) is 4.74 Å². The van der Waals surface area contributed by atoms with Crippen molar-refractivity contribution in [1.82, 2.24) is 0 Å². The van der Waals surface area contributed by atoms with Crippen LogP contribution in [0.3, 0.4) is 0 Å². The predicted octanol–water partition coefficient (Wildman–Crippen LogP) is 3.10. The number of carbonyl (C=O) groups is 2. The second kappa shape index (κ2) is 6.02. The molecule has 0 bridgehead atoms. The van der Waals surface area contributed by atoms with Crippen LogP contribution >= 0.6 is 0 Å². The van der Waals surface area contributed by atoms with Gasteiger partial charge in [0.25, 0.3) is 0 Å². The second-order valence-electron chi connectivity index (χ2n) is 4.33. The molecule has 0 aliphatic carbocycles. The number of esters is 1. The lowest BCUT2D eigenvalue weighted by molar-refractivity contribution is -0.114. The summed E-state index contributed by atoms with van der Waals surface area (Å²) in [5.74, 6) is -0.490. The van der Waals surface area contributed by atoms with E-state index in [9.17, 15) is 9.59 Å². The van der Waals surface area contributed by atoms with Gasteiger partial charge in [0.2, 0.25) is 5.91 Å². The molecular weight excluding hydrogens is 254 g/mol. The van der Waals surface area contributed by atoms with Gasteiger partial charge in [-0.2, -0.15) is 0 Å². The van der Waals surface area contributed by atoms with Crippen molar-refractivity contribution >= 4 is 17.6 Å². The minimum atomic E-state index is -0.370. The number of amides is 1. The van der Waals surface area contributed by atoms with E-state index in [0.717, 1.165) is 16.8 Å². The summed E-state index contributed by atoms with van der Waals surface area (Å²) in [5, 5.41) is 2.73. The molecule has 0 aromatic heterocycles. The lowest BCUT2D eigenvalue weighted by Gasteiger charge is -2.07.